The van der Waals surface area contributed by atoms with E-state index in [1.165, 1.54) is 13.2 Å². The number of amides is 2. The Kier molecular flexibility index (Phi) is 7.17. The van der Waals surface area contributed by atoms with E-state index in [1.54, 1.807) is 18.2 Å². The van der Waals surface area contributed by atoms with Crippen LogP contribution in [0.15, 0.2) is 24.3 Å². The molecule has 0 fully saturated rings. The summed E-state index contributed by atoms with van der Waals surface area (Å²) in [7, 11) is 1.50. The number of aromatic nitrogens is 1. The van der Waals surface area contributed by atoms with Crippen molar-refractivity contribution < 1.29 is 19.1 Å². The third-order valence-electron chi connectivity index (χ3n) is 3.38. The van der Waals surface area contributed by atoms with Gasteiger partial charge in [0.2, 0.25) is 0 Å². The summed E-state index contributed by atoms with van der Waals surface area (Å²) in [6, 6.07) is 6.63. The number of benzene rings is 1. The van der Waals surface area contributed by atoms with E-state index in [0.29, 0.717) is 18.0 Å². The number of hydrogen-bond acceptors (Lipinski definition) is 4. The quantitative estimate of drug-likeness (QED) is 0.636. The fraction of sp³-hybridized carbons (Fsp3) is 0.294. The second-order valence-electron chi connectivity index (χ2n) is 5.26. The van der Waals surface area contributed by atoms with E-state index >= 15 is 0 Å². The lowest BCUT2D eigenvalue weighted by Gasteiger charge is -2.12. The van der Waals surface area contributed by atoms with Crippen LogP contribution in [0.1, 0.15) is 23.0 Å². The summed E-state index contributed by atoms with van der Waals surface area (Å²) in [6.45, 7) is 2.53. The van der Waals surface area contributed by atoms with Gasteiger partial charge in [-0.1, -0.05) is 29.3 Å². The molecule has 0 bridgehead atoms. The molecule has 3 N–H and O–H groups in total. The number of halogens is 2. The molecule has 0 saturated carbocycles. The number of ether oxygens (including phenoxy) is 2. The minimum absolute atomic E-state index is 0.103. The summed E-state index contributed by atoms with van der Waals surface area (Å²) in [4.78, 5) is 26.2. The van der Waals surface area contributed by atoms with Gasteiger partial charge >= 0.3 is 0 Å². The maximum absolute atomic E-state index is 12.1. The molecule has 2 aromatic rings. The molecule has 0 aliphatic rings. The van der Waals surface area contributed by atoms with Gasteiger partial charge in [-0.2, -0.15) is 0 Å². The minimum Gasteiger partial charge on any atom is -0.493 e. The largest absolute Gasteiger partial charge is 0.493 e. The molecule has 7 nitrogen and oxygen atoms in total. The Balaban J connectivity index is 1.97. The second kappa shape index (κ2) is 9.35. The zero-order valence-electron chi connectivity index (χ0n) is 14.3. The number of carbonyl (C=O) groups is 2. The van der Waals surface area contributed by atoms with Crippen molar-refractivity contribution in [1.29, 1.82) is 0 Å². The van der Waals surface area contributed by atoms with E-state index in [9.17, 15) is 9.59 Å². The van der Waals surface area contributed by atoms with Crippen LogP contribution >= 0.6 is 23.2 Å². The molecule has 0 aliphatic carbocycles. The highest BCUT2D eigenvalue weighted by Gasteiger charge is 2.12. The molecule has 2 amide bonds. The lowest BCUT2D eigenvalue weighted by atomic mass is 10.2. The Hall–Kier alpha value is -2.38. The van der Waals surface area contributed by atoms with E-state index in [2.05, 4.69) is 15.6 Å². The monoisotopic (exact) mass is 399 g/mol. The van der Waals surface area contributed by atoms with Crippen molar-refractivity contribution >= 4 is 35.0 Å². The van der Waals surface area contributed by atoms with Crippen molar-refractivity contribution in [2.75, 3.05) is 20.3 Å². The van der Waals surface area contributed by atoms with Crippen LogP contribution in [0.3, 0.4) is 0 Å². The second-order valence-corrected chi connectivity index (χ2v) is 6.04. The van der Waals surface area contributed by atoms with Gasteiger partial charge < -0.3 is 25.1 Å². The maximum atomic E-state index is 12.1. The zero-order valence-corrected chi connectivity index (χ0v) is 15.8. The highest BCUT2D eigenvalue weighted by molar-refractivity contribution is 6.41. The number of H-pyrrole nitrogens is 1. The van der Waals surface area contributed by atoms with E-state index in [0.717, 1.165) is 5.56 Å². The van der Waals surface area contributed by atoms with Crippen LogP contribution in [0.4, 0.5) is 0 Å². The molecular weight excluding hydrogens is 381 g/mol. The summed E-state index contributed by atoms with van der Waals surface area (Å²) in [5, 5.41) is 5.89. The molecule has 9 heteroatoms. The van der Waals surface area contributed by atoms with Crippen LogP contribution in [-0.4, -0.2) is 37.1 Å². The lowest BCUT2D eigenvalue weighted by Crippen LogP contribution is -2.28. The highest BCUT2D eigenvalue weighted by atomic mass is 35.5. The summed E-state index contributed by atoms with van der Waals surface area (Å²) < 4.78 is 10.7. The Labute approximate surface area is 161 Å². The van der Waals surface area contributed by atoms with Gasteiger partial charge in [0.05, 0.1) is 12.1 Å². The van der Waals surface area contributed by atoms with Crippen LogP contribution in [0.2, 0.25) is 10.2 Å². The van der Waals surface area contributed by atoms with Gasteiger partial charge in [0.25, 0.3) is 11.8 Å². The molecule has 26 heavy (non-hydrogen) atoms. The Morgan fingerprint density at radius 1 is 1.15 bits per heavy atom. The Morgan fingerprint density at radius 2 is 1.92 bits per heavy atom. The predicted molar refractivity (Wildman–Crippen MR) is 99.2 cm³/mol. The fourth-order valence-corrected chi connectivity index (χ4v) is 2.45. The van der Waals surface area contributed by atoms with Gasteiger partial charge in [-0.05, 0) is 30.7 Å². The Bertz CT molecular complexity index is 773. The first-order valence-electron chi connectivity index (χ1n) is 7.83. The zero-order chi connectivity index (χ0) is 19.1. The third-order valence-corrected chi connectivity index (χ3v) is 4.08. The number of carbonyl (C=O) groups excluding carboxylic acids is 2. The van der Waals surface area contributed by atoms with Gasteiger partial charge in [0.15, 0.2) is 18.1 Å². The molecule has 0 aliphatic heterocycles. The number of rotatable bonds is 8. The molecule has 0 atom stereocenters. The van der Waals surface area contributed by atoms with Crippen molar-refractivity contribution in [3.05, 3.63) is 45.7 Å². The predicted octanol–water partition coefficient (Wildman–Crippen LogP) is 2.78. The molecule has 0 saturated heterocycles. The van der Waals surface area contributed by atoms with Gasteiger partial charge in [0, 0.05) is 13.1 Å². The maximum Gasteiger partial charge on any atom is 0.268 e. The number of methoxy groups -OCH3 is 1. The lowest BCUT2D eigenvalue weighted by molar-refractivity contribution is -0.123. The average Bonchev–Trinajstić information content (AvgIpc) is 2.97. The molecule has 1 aromatic heterocycles. The van der Waals surface area contributed by atoms with Gasteiger partial charge in [-0.15, -0.1) is 0 Å². The van der Waals surface area contributed by atoms with Crippen LogP contribution in [0, 0.1) is 0 Å². The van der Waals surface area contributed by atoms with Crippen molar-refractivity contribution in [2.45, 2.75) is 13.5 Å². The van der Waals surface area contributed by atoms with Crippen LogP contribution in [-0.2, 0) is 11.3 Å². The molecule has 0 unspecified atom stereocenters. The number of nitrogens with one attached hydrogen (secondary N) is 3. The first kappa shape index (κ1) is 19.9. The fourth-order valence-electron chi connectivity index (χ4n) is 2.14. The van der Waals surface area contributed by atoms with Crippen molar-refractivity contribution in [3.8, 4) is 11.5 Å². The number of aromatic amines is 1. The molecular formula is C17H19Cl2N3O4. The average molecular weight is 400 g/mol. The van der Waals surface area contributed by atoms with Gasteiger partial charge in [-0.25, -0.2) is 0 Å². The highest BCUT2D eigenvalue weighted by Crippen LogP contribution is 2.28. The van der Waals surface area contributed by atoms with Crippen LogP contribution in [0.5, 0.6) is 11.5 Å². The molecule has 0 spiro atoms. The van der Waals surface area contributed by atoms with E-state index < -0.39 is 0 Å². The van der Waals surface area contributed by atoms with Crippen LogP contribution < -0.4 is 20.1 Å². The molecule has 1 heterocycles. The normalized spacial score (nSPS) is 10.3. The molecule has 1 aromatic carbocycles. The van der Waals surface area contributed by atoms with E-state index in [1.807, 2.05) is 6.92 Å². The minimum atomic E-state index is -0.339. The SMILES string of the molecule is CCNC(=O)COc1ccc(CNC(=O)c2cc(Cl)c(Cl)[nH]2)cc1OC. The van der Waals surface area contributed by atoms with E-state index in [-0.39, 0.29) is 40.8 Å². The van der Waals surface area contributed by atoms with Crippen LogP contribution in [0.25, 0.3) is 0 Å². The molecule has 2 rings (SSSR count). The summed E-state index contributed by atoms with van der Waals surface area (Å²) >= 11 is 11.6. The molecule has 140 valence electrons. The summed E-state index contributed by atoms with van der Waals surface area (Å²) in [5.41, 5.74) is 1.07. The van der Waals surface area contributed by atoms with Crippen molar-refractivity contribution in [2.24, 2.45) is 0 Å². The first-order valence-corrected chi connectivity index (χ1v) is 8.58. The van der Waals surface area contributed by atoms with Gasteiger partial charge in [-0.3, -0.25) is 9.59 Å². The third kappa shape index (κ3) is 5.31. The van der Waals surface area contributed by atoms with Gasteiger partial charge in [0.1, 0.15) is 10.8 Å². The van der Waals surface area contributed by atoms with Crippen molar-refractivity contribution in [3.63, 3.8) is 0 Å². The number of likely N-dealkylation sites (N-methyl/N-ethyl adjacent to an activating group) is 1. The standard InChI is InChI=1S/C17H19Cl2N3O4/c1-3-20-15(23)9-26-13-5-4-10(6-14(13)25-2)8-21-17(24)12-7-11(18)16(19)22-12/h4-7,22H,3,8-9H2,1-2H3,(H,20,23)(H,21,24). The summed E-state index contributed by atoms with van der Waals surface area (Å²) in [6.07, 6.45) is 0. The summed E-state index contributed by atoms with van der Waals surface area (Å²) in [5.74, 6) is 0.354. The first-order chi connectivity index (χ1) is 12.4. The van der Waals surface area contributed by atoms with Crippen molar-refractivity contribution in [1.82, 2.24) is 15.6 Å². The topological polar surface area (TPSA) is 92.5 Å². The molecule has 0 radical (unpaired) electrons. The smallest absolute Gasteiger partial charge is 0.268 e. The number of hydrogen-bond donors (Lipinski definition) is 3. The van der Waals surface area contributed by atoms with E-state index in [4.69, 9.17) is 32.7 Å². The Morgan fingerprint density at radius 3 is 2.54 bits per heavy atom.